The Hall–Kier alpha value is -1.48. The van der Waals surface area contributed by atoms with Gasteiger partial charge in [-0.3, -0.25) is 4.79 Å². The fourth-order valence-electron chi connectivity index (χ4n) is 1.77. The van der Waals surface area contributed by atoms with Crippen molar-refractivity contribution in [2.75, 3.05) is 0 Å². The quantitative estimate of drug-likeness (QED) is 0.836. The maximum Gasteiger partial charge on any atom is 0.141 e. The Morgan fingerprint density at radius 1 is 0.944 bits per heavy atom. The number of benzene rings is 2. The van der Waals surface area contributed by atoms with E-state index in [2.05, 4.69) is 15.9 Å². The molecule has 3 heteroatoms. The molecule has 2 rings (SSSR count). The molecule has 0 fully saturated rings. The topological polar surface area (TPSA) is 17.1 Å². The normalized spacial score (nSPS) is 10.3. The summed E-state index contributed by atoms with van der Waals surface area (Å²) < 4.78 is 14.3. The van der Waals surface area contributed by atoms with Gasteiger partial charge in [0.15, 0.2) is 0 Å². The molecule has 0 saturated carbocycles. The minimum Gasteiger partial charge on any atom is -0.299 e. The van der Waals surface area contributed by atoms with Crippen LogP contribution in [0.2, 0.25) is 0 Å². The van der Waals surface area contributed by atoms with Crippen molar-refractivity contribution < 1.29 is 9.18 Å². The van der Waals surface area contributed by atoms with Crippen LogP contribution in [-0.2, 0) is 17.6 Å². The summed E-state index contributed by atoms with van der Waals surface area (Å²) in [6, 6.07) is 14.0. The standard InChI is InChI=1S/C15H12BrFO/c16-14-7-3-1-5-11(14)9-13(18)10-12-6-2-4-8-15(12)17/h1-8H,9-10H2. The van der Waals surface area contributed by atoms with Gasteiger partial charge >= 0.3 is 0 Å². The van der Waals surface area contributed by atoms with Gasteiger partial charge in [0.25, 0.3) is 0 Å². The first-order valence-corrected chi connectivity index (χ1v) is 6.44. The third-order valence-electron chi connectivity index (χ3n) is 2.69. The lowest BCUT2D eigenvalue weighted by Crippen LogP contribution is -2.08. The summed E-state index contributed by atoms with van der Waals surface area (Å²) in [4.78, 5) is 11.9. The van der Waals surface area contributed by atoms with E-state index in [-0.39, 0.29) is 18.0 Å². The molecule has 1 nitrogen and oxygen atoms in total. The smallest absolute Gasteiger partial charge is 0.141 e. The van der Waals surface area contributed by atoms with Crippen LogP contribution in [0.4, 0.5) is 4.39 Å². The lowest BCUT2D eigenvalue weighted by atomic mass is 10.0. The van der Waals surface area contributed by atoms with E-state index in [0.717, 1.165) is 10.0 Å². The lowest BCUT2D eigenvalue weighted by Gasteiger charge is -2.04. The van der Waals surface area contributed by atoms with Gasteiger partial charge in [0.05, 0.1) is 0 Å². The monoisotopic (exact) mass is 306 g/mol. The van der Waals surface area contributed by atoms with Gasteiger partial charge in [-0.15, -0.1) is 0 Å². The summed E-state index contributed by atoms with van der Waals surface area (Å²) in [6.07, 6.45) is 0.448. The lowest BCUT2D eigenvalue weighted by molar-refractivity contribution is -0.117. The first kappa shape index (κ1) is 13.0. The van der Waals surface area contributed by atoms with Crippen molar-refractivity contribution in [3.05, 3.63) is 69.9 Å². The summed E-state index contributed by atoms with van der Waals surface area (Å²) in [5.41, 5.74) is 1.38. The van der Waals surface area contributed by atoms with Gasteiger partial charge in [-0.2, -0.15) is 0 Å². The van der Waals surface area contributed by atoms with Crippen molar-refractivity contribution in [3.8, 4) is 0 Å². The van der Waals surface area contributed by atoms with E-state index in [1.54, 1.807) is 18.2 Å². The molecule has 0 bridgehead atoms. The number of carbonyl (C=O) groups excluding carboxylic acids is 1. The van der Waals surface area contributed by atoms with Gasteiger partial charge in [0.1, 0.15) is 11.6 Å². The average Bonchev–Trinajstić information content (AvgIpc) is 2.35. The molecule has 0 aromatic heterocycles. The second-order valence-electron chi connectivity index (χ2n) is 4.08. The first-order valence-electron chi connectivity index (χ1n) is 5.65. The molecule has 2 aromatic carbocycles. The van der Waals surface area contributed by atoms with Gasteiger partial charge in [0, 0.05) is 17.3 Å². The minimum absolute atomic E-state index is 0.00648. The van der Waals surface area contributed by atoms with E-state index in [9.17, 15) is 9.18 Å². The maximum atomic E-state index is 13.4. The Labute approximate surface area is 114 Å². The van der Waals surface area contributed by atoms with Crippen LogP contribution >= 0.6 is 15.9 Å². The van der Waals surface area contributed by atoms with Crippen molar-refractivity contribution in [2.24, 2.45) is 0 Å². The molecule has 0 saturated heterocycles. The number of carbonyl (C=O) groups is 1. The van der Waals surface area contributed by atoms with E-state index in [1.807, 2.05) is 24.3 Å². The van der Waals surface area contributed by atoms with Crippen molar-refractivity contribution in [2.45, 2.75) is 12.8 Å². The zero-order chi connectivity index (χ0) is 13.0. The molecule has 0 unspecified atom stereocenters. The largest absolute Gasteiger partial charge is 0.299 e. The van der Waals surface area contributed by atoms with E-state index in [1.165, 1.54) is 6.07 Å². The second-order valence-corrected chi connectivity index (χ2v) is 4.93. The highest BCUT2D eigenvalue weighted by Crippen LogP contribution is 2.17. The van der Waals surface area contributed by atoms with Crippen molar-refractivity contribution in [1.29, 1.82) is 0 Å². The molecule has 0 aliphatic heterocycles. The maximum absolute atomic E-state index is 13.4. The summed E-state index contributed by atoms with van der Waals surface area (Å²) in [6.45, 7) is 0. The molecule has 0 radical (unpaired) electrons. The summed E-state index contributed by atoms with van der Waals surface area (Å²) in [7, 11) is 0. The molecule has 2 aromatic rings. The Kier molecular flexibility index (Phi) is 4.26. The first-order chi connectivity index (χ1) is 8.66. The Morgan fingerprint density at radius 3 is 2.17 bits per heavy atom. The van der Waals surface area contributed by atoms with Crippen LogP contribution in [0.1, 0.15) is 11.1 Å². The van der Waals surface area contributed by atoms with Gasteiger partial charge < -0.3 is 0 Å². The third kappa shape index (κ3) is 3.26. The predicted octanol–water partition coefficient (Wildman–Crippen LogP) is 3.94. The Morgan fingerprint density at radius 2 is 1.50 bits per heavy atom. The SMILES string of the molecule is O=C(Cc1ccccc1F)Cc1ccccc1Br. The molecule has 0 aliphatic rings. The van der Waals surface area contributed by atoms with Crippen LogP contribution in [0.15, 0.2) is 53.0 Å². The number of Topliss-reactive ketones (excluding diaryl/α,β-unsaturated/α-hetero) is 1. The van der Waals surface area contributed by atoms with Crippen LogP contribution < -0.4 is 0 Å². The molecule has 92 valence electrons. The van der Waals surface area contributed by atoms with Gasteiger partial charge in [-0.25, -0.2) is 4.39 Å². The van der Waals surface area contributed by atoms with Crippen LogP contribution in [0.25, 0.3) is 0 Å². The highest BCUT2D eigenvalue weighted by Gasteiger charge is 2.10. The molecule has 0 amide bonds. The molecule has 0 spiro atoms. The van der Waals surface area contributed by atoms with Crippen molar-refractivity contribution >= 4 is 21.7 Å². The van der Waals surface area contributed by atoms with Crippen LogP contribution in [0, 0.1) is 5.82 Å². The van der Waals surface area contributed by atoms with Crippen molar-refractivity contribution in [3.63, 3.8) is 0 Å². The fourth-order valence-corrected chi connectivity index (χ4v) is 2.20. The summed E-state index contributed by atoms with van der Waals surface area (Å²) in [5, 5.41) is 0. The molecule has 18 heavy (non-hydrogen) atoms. The van der Waals surface area contributed by atoms with Crippen LogP contribution in [-0.4, -0.2) is 5.78 Å². The predicted molar refractivity (Wildman–Crippen MR) is 73.0 cm³/mol. The van der Waals surface area contributed by atoms with Gasteiger partial charge in [-0.1, -0.05) is 52.3 Å². The van der Waals surface area contributed by atoms with E-state index >= 15 is 0 Å². The molecule has 0 N–H and O–H groups in total. The third-order valence-corrected chi connectivity index (χ3v) is 3.46. The van der Waals surface area contributed by atoms with E-state index in [4.69, 9.17) is 0 Å². The molecular weight excluding hydrogens is 295 g/mol. The highest BCUT2D eigenvalue weighted by atomic mass is 79.9. The molecular formula is C15H12BrFO. The Bertz CT molecular complexity index is 516. The molecule has 0 atom stereocenters. The molecule has 0 heterocycles. The summed E-state index contributed by atoms with van der Waals surface area (Å²) >= 11 is 3.40. The Balaban J connectivity index is 2.06. The fraction of sp³-hybridized carbons (Fsp3) is 0.133. The second kappa shape index (κ2) is 5.91. The van der Waals surface area contributed by atoms with Crippen LogP contribution in [0.3, 0.4) is 0 Å². The minimum atomic E-state index is -0.321. The zero-order valence-electron chi connectivity index (χ0n) is 9.70. The number of rotatable bonds is 4. The van der Waals surface area contributed by atoms with E-state index < -0.39 is 0 Å². The zero-order valence-corrected chi connectivity index (χ0v) is 11.3. The van der Waals surface area contributed by atoms with Gasteiger partial charge in [0.2, 0.25) is 0 Å². The number of hydrogen-bond acceptors (Lipinski definition) is 1. The number of ketones is 1. The summed E-state index contributed by atoms with van der Waals surface area (Å²) in [5.74, 6) is -0.315. The highest BCUT2D eigenvalue weighted by molar-refractivity contribution is 9.10. The number of halogens is 2. The molecule has 0 aliphatic carbocycles. The van der Waals surface area contributed by atoms with Crippen molar-refractivity contribution in [1.82, 2.24) is 0 Å². The van der Waals surface area contributed by atoms with Gasteiger partial charge in [-0.05, 0) is 23.3 Å². The number of hydrogen-bond donors (Lipinski definition) is 0. The average molecular weight is 307 g/mol. The van der Waals surface area contributed by atoms with Crippen LogP contribution in [0.5, 0.6) is 0 Å². The van der Waals surface area contributed by atoms with E-state index in [0.29, 0.717) is 12.0 Å².